The van der Waals surface area contributed by atoms with Crippen LogP contribution in [0.3, 0.4) is 0 Å². The Kier molecular flexibility index (Phi) is 6.11. The fraction of sp³-hybridized carbons (Fsp3) is 0. The quantitative estimate of drug-likeness (QED) is 0.178. The highest BCUT2D eigenvalue weighted by Gasteiger charge is 2.17. The molecule has 0 radical (unpaired) electrons. The van der Waals surface area contributed by atoms with Gasteiger partial charge in [-0.25, -0.2) is 9.97 Å². The van der Waals surface area contributed by atoms with E-state index in [0.717, 1.165) is 72.3 Å². The first-order valence-corrected chi connectivity index (χ1v) is 16.4. The van der Waals surface area contributed by atoms with Crippen LogP contribution in [0, 0.1) is 0 Å². The van der Waals surface area contributed by atoms with Crippen molar-refractivity contribution in [3.63, 3.8) is 0 Å². The molecule has 5 heteroatoms. The second-order valence-electron chi connectivity index (χ2n) is 12.3. The van der Waals surface area contributed by atoms with Crippen LogP contribution in [0.4, 0.5) is 0 Å². The third-order valence-corrected chi connectivity index (χ3v) is 9.46. The number of nitrogens with zero attached hydrogens (tertiary/aromatic N) is 4. The van der Waals surface area contributed by atoms with Crippen molar-refractivity contribution in [2.24, 2.45) is 0 Å². The first-order valence-electron chi connectivity index (χ1n) is 16.4. The standard InChI is InChI=1S/C44H28N4O/c1-3-11-29(12-4-1)31-18-23-40-37(25-31)34-21-19-32(26-38(34)44-46-28-42(48(40)44)30-13-5-2-6-14-30)49-33-20-22-36-35-15-7-8-16-39(35)47(41(36)27-33)43-17-9-10-24-45-43/h1-28H. The summed E-state index contributed by atoms with van der Waals surface area (Å²) in [5.41, 5.74) is 8.68. The molecule has 0 aliphatic carbocycles. The van der Waals surface area contributed by atoms with Gasteiger partial charge in [-0.1, -0.05) is 91.0 Å². The third-order valence-electron chi connectivity index (χ3n) is 9.46. The highest BCUT2D eigenvalue weighted by Crippen LogP contribution is 2.39. The Hall–Kier alpha value is -6.72. The molecule has 0 amide bonds. The third kappa shape index (κ3) is 4.40. The first kappa shape index (κ1) is 27.4. The molecule has 4 aromatic heterocycles. The Bertz CT molecular complexity index is 2840. The van der Waals surface area contributed by atoms with E-state index in [-0.39, 0.29) is 0 Å². The molecule has 0 atom stereocenters. The molecule has 0 fully saturated rings. The van der Waals surface area contributed by atoms with Crippen molar-refractivity contribution in [2.75, 3.05) is 0 Å². The summed E-state index contributed by atoms with van der Waals surface area (Å²) in [5, 5.41) is 5.65. The molecule has 0 aliphatic rings. The van der Waals surface area contributed by atoms with E-state index in [1.807, 2.05) is 42.7 Å². The zero-order valence-corrected chi connectivity index (χ0v) is 26.4. The highest BCUT2D eigenvalue weighted by molar-refractivity contribution is 6.14. The van der Waals surface area contributed by atoms with E-state index < -0.39 is 0 Å². The lowest BCUT2D eigenvalue weighted by atomic mass is 9.99. The summed E-state index contributed by atoms with van der Waals surface area (Å²) in [7, 11) is 0. The van der Waals surface area contributed by atoms with Gasteiger partial charge in [-0.05, 0) is 77.2 Å². The summed E-state index contributed by atoms with van der Waals surface area (Å²) >= 11 is 0. The van der Waals surface area contributed by atoms with Crippen molar-refractivity contribution in [3.8, 4) is 39.7 Å². The SMILES string of the molecule is c1ccc(-c2ccc3c(c2)c2ccc(Oc4ccc5c6ccccc6n(-c6ccccn6)c5c4)cc2c2ncc(-c4ccccc4)n32)cc1. The van der Waals surface area contributed by atoms with Gasteiger partial charge < -0.3 is 4.74 Å². The van der Waals surface area contributed by atoms with Gasteiger partial charge in [-0.3, -0.25) is 8.97 Å². The minimum atomic E-state index is 0.747. The van der Waals surface area contributed by atoms with Crippen LogP contribution in [0.5, 0.6) is 11.5 Å². The van der Waals surface area contributed by atoms with Crippen LogP contribution >= 0.6 is 0 Å². The molecule has 0 saturated carbocycles. The van der Waals surface area contributed by atoms with Gasteiger partial charge in [-0.15, -0.1) is 0 Å². The molecule has 230 valence electrons. The van der Waals surface area contributed by atoms with Gasteiger partial charge in [0.15, 0.2) is 0 Å². The van der Waals surface area contributed by atoms with E-state index in [4.69, 9.17) is 9.72 Å². The molecule has 10 rings (SSSR count). The van der Waals surface area contributed by atoms with Crippen LogP contribution in [0.1, 0.15) is 0 Å². The number of imidazole rings is 1. The number of hydrogen-bond donors (Lipinski definition) is 0. The van der Waals surface area contributed by atoms with Gasteiger partial charge in [-0.2, -0.15) is 0 Å². The number of pyridine rings is 2. The lowest BCUT2D eigenvalue weighted by Crippen LogP contribution is -1.96. The number of para-hydroxylation sites is 1. The number of rotatable bonds is 5. The van der Waals surface area contributed by atoms with E-state index in [2.05, 4.69) is 141 Å². The Balaban J connectivity index is 1.16. The molecule has 6 aromatic carbocycles. The van der Waals surface area contributed by atoms with Gasteiger partial charge >= 0.3 is 0 Å². The molecule has 5 nitrogen and oxygen atoms in total. The largest absolute Gasteiger partial charge is 0.457 e. The fourth-order valence-corrected chi connectivity index (χ4v) is 7.24. The van der Waals surface area contributed by atoms with Gasteiger partial charge in [0.1, 0.15) is 23.0 Å². The monoisotopic (exact) mass is 628 g/mol. The number of fused-ring (bicyclic) bond motifs is 9. The summed E-state index contributed by atoms with van der Waals surface area (Å²) in [6.07, 6.45) is 3.81. The molecule has 10 aromatic rings. The summed E-state index contributed by atoms with van der Waals surface area (Å²) in [6, 6.07) is 54.8. The summed E-state index contributed by atoms with van der Waals surface area (Å²) in [6.45, 7) is 0. The normalized spacial score (nSPS) is 11.7. The van der Waals surface area contributed by atoms with E-state index in [1.165, 1.54) is 16.5 Å². The van der Waals surface area contributed by atoms with Crippen molar-refractivity contribution in [3.05, 3.63) is 170 Å². The molecule has 0 N–H and O–H groups in total. The molecule has 0 aliphatic heterocycles. The molecule has 0 saturated heterocycles. The maximum Gasteiger partial charge on any atom is 0.145 e. The highest BCUT2D eigenvalue weighted by atomic mass is 16.5. The van der Waals surface area contributed by atoms with Crippen LogP contribution in [-0.4, -0.2) is 18.9 Å². The Morgan fingerprint density at radius 2 is 1.14 bits per heavy atom. The molecular formula is C44H28N4O. The van der Waals surface area contributed by atoms with Crippen molar-refractivity contribution in [1.82, 2.24) is 18.9 Å². The molecule has 0 bridgehead atoms. The van der Waals surface area contributed by atoms with Crippen LogP contribution in [0.25, 0.3) is 77.3 Å². The van der Waals surface area contributed by atoms with E-state index in [9.17, 15) is 0 Å². The number of aromatic nitrogens is 4. The van der Waals surface area contributed by atoms with Crippen LogP contribution in [0.2, 0.25) is 0 Å². The number of ether oxygens (including phenoxy) is 1. The summed E-state index contributed by atoms with van der Waals surface area (Å²) in [5.74, 6) is 2.37. The average molecular weight is 629 g/mol. The van der Waals surface area contributed by atoms with Crippen molar-refractivity contribution >= 4 is 49.1 Å². The van der Waals surface area contributed by atoms with Crippen molar-refractivity contribution in [1.29, 1.82) is 0 Å². The molecular weight excluding hydrogens is 601 g/mol. The van der Waals surface area contributed by atoms with Crippen molar-refractivity contribution in [2.45, 2.75) is 0 Å². The van der Waals surface area contributed by atoms with Crippen LogP contribution < -0.4 is 4.74 Å². The average Bonchev–Trinajstić information content (AvgIpc) is 3.76. The van der Waals surface area contributed by atoms with Gasteiger partial charge in [0.2, 0.25) is 0 Å². The second-order valence-corrected chi connectivity index (χ2v) is 12.3. The lowest BCUT2D eigenvalue weighted by molar-refractivity contribution is 0.484. The van der Waals surface area contributed by atoms with E-state index in [0.29, 0.717) is 0 Å². The lowest BCUT2D eigenvalue weighted by Gasteiger charge is -2.14. The maximum atomic E-state index is 6.66. The molecule has 0 unspecified atom stereocenters. The number of hydrogen-bond acceptors (Lipinski definition) is 3. The van der Waals surface area contributed by atoms with E-state index in [1.54, 1.807) is 0 Å². The van der Waals surface area contributed by atoms with Gasteiger partial charge in [0, 0.05) is 39.4 Å². The van der Waals surface area contributed by atoms with Crippen LogP contribution in [0.15, 0.2) is 170 Å². The second kappa shape index (κ2) is 10.9. The Morgan fingerprint density at radius 1 is 0.429 bits per heavy atom. The van der Waals surface area contributed by atoms with Gasteiger partial charge in [0.05, 0.1) is 28.4 Å². The predicted octanol–water partition coefficient (Wildman–Crippen LogP) is 11.3. The van der Waals surface area contributed by atoms with E-state index >= 15 is 0 Å². The molecule has 4 heterocycles. The topological polar surface area (TPSA) is 44.3 Å². The minimum Gasteiger partial charge on any atom is -0.457 e. The molecule has 0 spiro atoms. The fourth-order valence-electron chi connectivity index (χ4n) is 7.24. The zero-order valence-electron chi connectivity index (χ0n) is 26.4. The summed E-state index contributed by atoms with van der Waals surface area (Å²) in [4.78, 5) is 9.69. The molecule has 49 heavy (non-hydrogen) atoms. The Morgan fingerprint density at radius 3 is 1.96 bits per heavy atom. The smallest absolute Gasteiger partial charge is 0.145 e. The number of benzene rings is 6. The maximum absolute atomic E-state index is 6.66. The zero-order chi connectivity index (χ0) is 32.3. The van der Waals surface area contributed by atoms with Crippen molar-refractivity contribution < 1.29 is 4.74 Å². The Labute approximate surface area is 281 Å². The minimum absolute atomic E-state index is 0.747. The first-order chi connectivity index (χ1) is 24.3. The van der Waals surface area contributed by atoms with Crippen LogP contribution in [-0.2, 0) is 0 Å². The predicted molar refractivity (Wildman–Crippen MR) is 200 cm³/mol. The van der Waals surface area contributed by atoms with Gasteiger partial charge in [0.25, 0.3) is 0 Å². The summed E-state index contributed by atoms with van der Waals surface area (Å²) < 4.78 is 11.1.